The predicted octanol–water partition coefficient (Wildman–Crippen LogP) is 0.464. The normalized spacial score (nSPS) is 13.3. The van der Waals surface area contributed by atoms with E-state index in [9.17, 15) is 19.0 Å². The molecule has 0 saturated heterocycles. The molecule has 0 spiro atoms. The average Bonchev–Trinajstić information content (AvgIpc) is 2.50. The third-order valence-electron chi connectivity index (χ3n) is 3.06. The molecule has 0 aromatic carbocycles. The van der Waals surface area contributed by atoms with Crippen LogP contribution in [0, 0.1) is 6.92 Å². The van der Waals surface area contributed by atoms with E-state index >= 15 is 0 Å². The number of aromatic hydroxyl groups is 1. The number of aliphatic imine (C=N–C) groups is 1. The van der Waals surface area contributed by atoms with Crippen LogP contribution in [-0.4, -0.2) is 52.6 Å². The predicted molar refractivity (Wildman–Crippen MR) is 92.3 cm³/mol. The fourth-order valence-electron chi connectivity index (χ4n) is 1.80. The number of aromatic nitrogens is 1. The molecule has 0 saturated carbocycles. The zero-order valence-electron chi connectivity index (χ0n) is 14.0. The van der Waals surface area contributed by atoms with E-state index in [1.54, 1.807) is 0 Å². The first kappa shape index (κ1) is 23.1. The molecule has 0 amide bonds. The molecule has 6 N–H and O–H groups in total. The number of rotatable bonds is 9. The number of nitrogens with zero attached hydrogens (tertiary/aromatic N) is 2. The standard InChI is InChI=1S/C13H18N2O10P2/c1-8-12(16)10(9(5-14-8)7-25-27(22,23)24)6-15-11(13(17)18)3-2-4-26(19,20)21/h2-3,5,16H,4,6-7H2,1H3,(H,17,18)(H2,19,20,21)(H2,22,23,24)/b3-2-,15-11?. The molecule has 0 aliphatic heterocycles. The van der Waals surface area contributed by atoms with E-state index in [4.69, 9.17) is 24.7 Å². The number of allylic oxidation sites excluding steroid dienone is 1. The summed E-state index contributed by atoms with van der Waals surface area (Å²) in [6, 6.07) is 0. The molecule has 14 heteroatoms. The van der Waals surface area contributed by atoms with Gasteiger partial charge < -0.3 is 29.8 Å². The number of pyridine rings is 1. The first-order valence-corrected chi connectivity index (χ1v) is 10.5. The second kappa shape index (κ2) is 9.34. The molecule has 12 nitrogen and oxygen atoms in total. The minimum atomic E-state index is -4.79. The number of hydrogen-bond acceptors (Lipinski definition) is 7. The van der Waals surface area contributed by atoms with Crippen LogP contribution in [0.5, 0.6) is 5.75 Å². The third kappa shape index (κ3) is 8.55. The van der Waals surface area contributed by atoms with Crippen molar-refractivity contribution in [3.63, 3.8) is 0 Å². The zero-order chi connectivity index (χ0) is 20.8. The van der Waals surface area contributed by atoms with Crippen molar-refractivity contribution in [2.75, 3.05) is 6.16 Å². The molecule has 27 heavy (non-hydrogen) atoms. The van der Waals surface area contributed by atoms with Crippen LogP contribution in [0.15, 0.2) is 23.3 Å². The number of carboxylic acids is 1. The number of phosphoric acid groups is 1. The fourth-order valence-corrected chi connectivity index (χ4v) is 2.48. The zero-order valence-corrected chi connectivity index (χ0v) is 15.7. The molecule has 1 aromatic heterocycles. The van der Waals surface area contributed by atoms with E-state index in [1.807, 2.05) is 0 Å². The summed E-state index contributed by atoms with van der Waals surface area (Å²) in [5, 5.41) is 19.2. The fraction of sp³-hybridized carbons (Fsp3) is 0.308. The van der Waals surface area contributed by atoms with Gasteiger partial charge in [0, 0.05) is 17.3 Å². The Kier molecular flexibility index (Phi) is 8.00. The van der Waals surface area contributed by atoms with Gasteiger partial charge in [0.05, 0.1) is 25.0 Å². The van der Waals surface area contributed by atoms with E-state index in [0.717, 1.165) is 12.2 Å². The molecular formula is C13H18N2O10P2. The van der Waals surface area contributed by atoms with E-state index < -0.39 is 46.4 Å². The van der Waals surface area contributed by atoms with Gasteiger partial charge in [-0.25, -0.2) is 9.36 Å². The summed E-state index contributed by atoms with van der Waals surface area (Å²) in [5.74, 6) is -1.83. The number of aryl methyl sites for hydroxylation is 1. The summed E-state index contributed by atoms with van der Waals surface area (Å²) in [6.07, 6.45) is 2.36. The Morgan fingerprint density at radius 2 is 1.93 bits per heavy atom. The van der Waals surface area contributed by atoms with Crippen molar-refractivity contribution < 1.29 is 48.2 Å². The summed E-state index contributed by atoms with van der Waals surface area (Å²) in [7, 11) is -9.14. The molecule has 150 valence electrons. The van der Waals surface area contributed by atoms with Crippen molar-refractivity contribution in [1.82, 2.24) is 4.98 Å². The Bertz CT molecular complexity index is 855. The average molecular weight is 424 g/mol. The third-order valence-corrected chi connectivity index (χ3v) is 4.22. The summed E-state index contributed by atoms with van der Waals surface area (Å²) in [6.45, 7) is 0.442. The lowest BCUT2D eigenvalue weighted by Gasteiger charge is -2.12. The molecule has 0 radical (unpaired) electrons. The number of aliphatic carboxylic acids is 1. The van der Waals surface area contributed by atoms with Crippen LogP contribution < -0.4 is 0 Å². The van der Waals surface area contributed by atoms with Crippen molar-refractivity contribution in [3.8, 4) is 5.75 Å². The monoisotopic (exact) mass is 424 g/mol. The van der Waals surface area contributed by atoms with Crippen molar-refractivity contribution in [1.29, 1.82) is 0 Å². The Labute approximate surface area is 153 Å². The SMILES string of the molecule is Cc1ncc(COP(=O)(O)O)c(CN=C(/C=C\CP(=O)(O)O)C(=O)O)c1O. The highest BCUT2D eigenvalue weighted by Crippen LogP contribution is 2.38. The van der Waals surface area contributed by atoms with E-state index in [0.29, 0.717) is 0 Å². The number of carboxylic acid groups (broad SMARTS) is 1. The van der Waals surface area contributed by atoms with Gasteiger partial charge in [0.1, 0.15) is 11.5 Å². The summed E-state index contributed by atoms with van der Waals surface area (Å²) < 4.78 is 26.0. The topological polar surface area (TPSA) is 207 Å². The molecule has 0 atom stereocenters. The second-order valence-corrected chi connectivity index (χ2v) is 8.15. The van der Waals surface area contributed by atoms with Crippen molar-refractivity contribution in [2.24, 2.45) is 4.99 Å². The van der Waals surface area contributed by atoms with Gasteiger partial charge in [0.25, 0.3) is 0 Å². The van der Waals surface area contributed by atoms with Crippen LogP contribution >= 0.6 is 15.4 Å². The highest BCUT2D eigenvalue weighted by molar-refractivity contribution is 7.51. The first-order chi connectivity index (χ1) is 12.3. The maximum absolute atomic E-state index is 11.2. The van der Waals surface area contributed by atoms with Crippen LogP contribution in [-0.2, 0) is 31.6 Å². The summed E-state index contributed by atoms with van der Waals surface area (Å²) in [4.78, 5) is 53.9. The van der Waals surface area contributed by atoms with Crippen LogP contribution in [0.3, 0.4) is 0 Å². The van der Waals surface area contributed by atoms with E-state index in [-0.39, 0.29) is 22.6 Å². The maximum atomic E-state index is 11.2. The Hall–Kier alpha value is -1.91. The van der Waals surface area contributed by atoms with Gasteiger partial charge in [-0.1, -0.05) is 6.08 Å². The van der Waals surface area contributed by atoms with Gasteiger partial charge in [-0.2, -0.15) is 0 Å². The van der Waals surface area contributed by atoms with Crippen molar-refractivity contribution in [3.05, 3.63) is 35.2 Å². The van der Waals surface area contributed by atoms with Gasteiger partial charge in [0.2, 0.25) is 0 Å². The highest BCUT2D eigenvalue weighted by atomic mass is 31.2. The lowest BCUT2D eigenvalue weighted by Crippen LogP contribution is -2.11. The number of hydrogen-bond donors (Lipinski definition) is 6. The van der Waals surface area contributed by atoms with Crippen molar-refractivity contribution >= 4 is 27.1 Å². The molecular weight excluding hydrogens is 406 g/mol. The smallest absolute Gasteiger partial charge is 0.469 e. The first-order valence-electron chi connectivity index (χ1n) is 7.15. The largest absolute Gasteiger partial charge is 0.506 e. The quantitative estimate of drug-likeness (QED) is 0.237. The lowest BCUT2D eigenvalue weighted by atomic mass is 10.1. The van der Waals surface area contributed by atoms with E-state index in [1.165, 1.54) is 13.1 Å². The Morgan fingerprint density at radius 3 is 2.44 bits per heavy atom. The number of phosphoric ester groups is 1. The molecule has 1 rings (SSSR count). The highest BCUT2D eigenvalue weighted by Gasteiger charge is 2.18. The minimum absolute atomic E-state index is 0.0399. The van der Waals surface area contributed by atoms with Gasteiger partial charge in [-0.15, -0.1) is 0 Å². The van der Waals surface area contributed by atoms with Gasteiger partial charge >= 0.3 is 21.4 Å². The lowest BCUT2D eigenvalue weighted by molar-refractivity contribution is -0.129. The molecule has 0 fully saturated rings. The molecule has 0 bridgehead atoms. The number of carbonyl (C=O) groups is 1. The van der Waals surface area contributed by atoms with Crippen LogP contribution in [0.1, 0.15) is 16.8 Å². The Morgan fingerprint density at radius 1 is 1.30 bits per heavy atom. The van der Waals surface area contributed by atoms with Gasteiger partial charge in [-0.05, 0) is 13.0 Å². The van der Waals surface area contributed by atoms with Gasteiger partial charge in [-0.3, -0.25) is 19.1 Å². The maximum Gasteiger partial charge on any atom is 0.469 e. The summed E-state index contributed by atoms with van der Waals surface area (Å²) >= 11 is 0. The van der Waals surface area contributed by atoms with Gasteiger partial charge in [0.15, 0.2) is 0 Å². The van der Waals surface area contributed by atoms with Crippen LogP contribution in [0.2, 0.25) is 0 Å². The van der Waals surface area contributed by atoms with Crippen LogP contribution in [0.4, 0.5) is 0 Å². The van der Waals surface area contributed by atoms with E-state index in [2.05, 4.69) is 14.5 Å². The molecule has 0 unspecified atom stereocenters. The second-order valence-electron chi connectivity index (χ2n) is 5.22. The minimum Gasteiger partial charge on any atom is -0.506 e. The molecule has 1 heterocycles. The summed E-state index contributed by atoms with van der Waals surface area (Å²) in [5.41, 5.74) is -0.250. The molecule has 1 aromatic rings. The molecule has 0 aliphatic carbocycles. The van der Waals surface area contributed by atoms with Crippen molar-refractivity contribution in [2.45, 2.75) is 20.1 Å². The Balaban J connectivity index is 3.14. The van der Waals surface area contributed by atoms with Crippen LogP contribution in [0.25, 0.3) is 0 Å². The molecule has 0 aliphatic rings.